The van der Waals surface area contributed by atoms with Gasteiger partial charge in [0.2, 0.25) is 0 Å². The van der Waals surface area contributed by atoms with Crippen LogP contribution >= 0.6 is 0 Å². The molecule has 4 aromatic rings. The van der Waals surface area contributed by atoms with Crippen molar-refractivity contribution >= 4 is 22.5 Å². The van der Waals surface area contributed by atoms with Gasteiger partial charge >= 0.3 is 0 Å². The molecular formula is C31H37N5O2. The van der Waals surface area contributed by atoms with Gasteiger partial charge in [0.25, 0.3) is 5.91 Å². The quantitative estimate of drug-likeness (QED) is 0.350. The third-order valence-electron chi connectivity index (χ3n) is 7.52. The fourth-order valence-electron chi connectivity index (χ4n) is 5.50. The van der Waals surface area contributed by atoms with Crippen molar-refractivity contribution in [2.24, 2.45) is 7.05 Å². The van der Waals surface area contributed by atoms with Crippen LogP contribution in [0.2, 0.25) is 0 Å². The molecule has 0 N–H and O–H groups in total. The number of aryl methyl sites for hydroxylation is 1. The number of carbonyl (C=O) groups is 1. The van der Waals surface area contributed by atoms with Crippen LogP contribution in [0.15, 0.2) is 67.3 Å². The molecule has 3 heterocycles. The third-order valence-corrected chi connectivity index (χ3v) is 7.52. The lowest BCUT2D eigenvalue weighted by Crippen LogP contribution is -2.36. The number of hydrogen-bond donors (Lipinski definition) is 0. The Kier molecular flexibility index (Phi) is 8.46. The number of nitrogens with zero attached hydrogens (tertiary/aromatic N) is 5. The fraction of sp³-hybridized carbons (Fsp3) is 0.387. The number of para-hydroxylation sites is 1. The molecule has 0 saturated carbocycles. The molecule has 1 aliphatic heterocycles. The van der Waals surface area contributed by atoms with Crippen LogP contribution in [-0.4, -0.2) is 52.1 Å². The highest BCUT2D eigenvalue weighted by atomic mass is 16.5. The van der Waals surface area contributed by atoms with Gasteiger partial charge in [0.1, 0.15) is 12.9 Å². The van der Waals surface area contributed by atoms with Gasteiger partial charge in [0.15, 0.2) is 0 Å². The number of amides is 1. The third kappa shape index (κ3) is 5.95. The molecule has 7 heteroatoms. The van der Waals surface area contributed by atoms with E-state index in [2.05, 4.69) is 75.0 Å². The molecule has 0 spiro atoms. The summed E-state index contributed by atoms with van der Waals surface area (Å²) in [5, 5.41) is 1.27. The van der Waals surface area contributed by atoms with Crippen LogP contribution < -0.4 is 4.90 Å². The highest BCUT2D eigenvalue weighted by Crippen LogP contribution is 2.30. The van der Waals surface area contributed by atoms with Crippen LogP contribution in [0, 0.1) is 0 Å². The van der Waals surface area contributed by atoms with E-state index in [1.165, 1.54) is 29.4 Å². The summed E-state index contributed by atoms with van der Waals surface area (Å²) in [6.07, 6.45) is 10.9. The Hall–Kier alpha value is -3.55. The molecule has 0 bridgehead atoms. The minimum Gasteiger partial charge on any atom is -0.375 e. The van der Waals surface area contributed by atoms with Crippen molar-refractivity contribution in [1.29, 1.82) is 0 Å². The Morgan fingerprint density at radius 1 is 0.921 bits per heavy atom. The molecule has 0 fully saturated rings. The van der Waals surface area contributed by atoms with Crippen LogP contribution in [0.3, 0.4) is 0 Å². The van der Waals surface area contributed by atoms with Crippen LogP contribution in [0.5, 0.6) is 0 Å². The summed E-state index contributed by atoms with van der Waals surface area (Å²) in [6, 6.07) is 17.2. The number of methoxy groups -OCH3 is 1. The lowest BCUT2D eigenvalue weighted by Gasteiger charge is -2.30. The molecule has 2 aromatic carbocycles. The fourth-order valence-corrected chi connectivity index (χ4v) is 5.50. The molecule has 7 nitrogen and oxygen atoms in total. The van der Waals surface area contributed by atoms with Crippen LogP contribution in [-0.2, 0) is 29.7 Å². The Morgan fingerprint density at radius 3 is 2.47 bits per heavy atom. The molecule has 0 unspecified atom stereocenters. The van der Waals surface area contributed by atoms with E-state index in [4.69, 9.17) is 4.74 Å². The maximum Gasteiger partial charge on any atom is 0.252 e. The van der Waals surface area contributed by atoms with Crippen molar-refractivity contribution in [3.05, 3.63) is 78.5 Å². The van der Waals surface area contributed by atoms with E-state index in [9.17, 15) is 4.79 Å². The topological polar surface area (TPSA) is 63.5 Å². The predicted molar refractivity (Wildman–Crippen MR) is 152 cm³/mol. The molecule has 198 valence electrons. The maximum absolute atomic E-state index is 13.2. The number of benzene rings is 2. The van der Waals surface area contributed by atoms with Gasteiger partial charge in [0.05, 0.1) is 0 Å². The molecule has 2 aromatic heterocycles. The first-order valence-corrected chi connectivity index (χ1v) is 13.6. The number of hydrogen-bond acceptors (Lipinski definition) is 5. The zero-order valence-electron chi connectivity index (χ0n) is 22.5. The second-order valence-corrected chi connectivity index (χ2v) is 10.2. The van der Waals surface area contributed by atoms with Crippen LogP contribution in [0.25, 0.3) is 22.0 Å². The first kappa shape index (κ1) is 26.1. The maximum atomic E-state index is 13.2. The van der Waals surface area contributed by atoms with Gasteiger partial charge in [-0.15, -0.1) is 0 Å². The van der Waals surface area contributed by atoms with Crippen LogP contribution in [0.1, 0.15) is 43.4 Å². The smallest absolute Gasteiger partial charge is 0.252 e. The molecule has 5 rings (SSSR count). The Morgan fingerprint density at radius 2 is 1.68 bits per heavy atom. The van der Waals surface area contributed by atoms with Gasteiger partial charge in [-0.05, 0) is 60.2 Å². The van der Waals surface area contributed by atoms with E-state index in [1.807, 2.05) is 17.3 Å². The number of carbonyl (C=O) groups excluding carboxylic acids is 1. The van der Waals surface area contributed by atoms with Gasteiger partial charge in [-0.25, -0.2) is 9.97 Å². The number of fused-ring (bicyclic) bond motifs is 2. The predicted octanol–water partition coefficient (Wildman–Crippen LogP) is 5.58. The second-order valence-electron chi connectivity index (χ2n) is 10.2. The average molecular weight is 512 g/mol. The van der Waals surface area contributed by atoms with Gasteiger partial charge in [-0.2, -0.15) is 0 Å². The lowest BCUT2D eigenvalue weighted by atomic mass is 10.0. The molecular weight excluding hydrogens is 474 g/mol. The number of ether oxygens (including phenoxy) is 1. The van der Waals surface area contributed by atoms with Gasteiger partial charge in [-0.1, -0.05) is 43.5 Å². The molecule has 1 aliphatic rings. The summed E-state index contributed by atoms with van der Waals surface area (Å²) >= 11 is 0. The van der Waals surface area contributed by atoms with Gasteiger partial charge < -0.3 is 14.2 Å². The zero-order valence-corrected chi connectivity index (χ0v) is 22.5. The summed E-state index contributed by atoms with van der Waals surface area (Å²) < 4.78 is 7.56. The molecule has 0 saturated heterocycles. The standard InChI is InChI=1S/C31H37N5O2/c1-34-28(17-25-10-6-7-11-29(25)34)21-35-14-8-4-3-5-9-15-36(31(37)22-38-2)30-13-12-24(16-26(30)20-35)27-18-32-23-33-19-27/h6-7,10-13,16-19,23H,3-5,8-9,14-15,20-22H2,1-2H3. The second kappa shape index (κ2) is 12.3. The average Bonchev–Trinajstić information content (AvgIpc) is 3.25. The lowest BCUT2D eigenvalue weighted by molar-refractivity contribution is -0.122. The molecule has 0 radical (unpaired) electrons. The first-order valence-electron chi connectivity index (χ1n) is 13.6. The van der Waals surface area contributed by atoms with Crippen molar-refractivity contribution in [2.75, 3.05) is 31.7 Å². The minimum atomic E-state index is 0.00170. The van der Waals surface area contributed by atoms with Crippen molar-refractivity contribution in [3.8, 4) is 11.1 Å². The summed E-state index contributed by atoms with van der Waals surface area (Å²) in [5.41, 5.74) is 6.67. The van der Waals surface area contributed by atoms with E-state index in [0.717, 1.165) is 61.3 Å². The summed E-state index contributed by atoms with van der Waals surface area (Å²) in [7, 11) is 3.74. The van der Waals surface area contributed by atoms with E-state index in [0.29, 0.717) is 6.54 Å². The first-order chi connectivity index (χ1) is 18.6. The van der Waals surface area contributed by atoms with Crippen LogP contribution in [0.4, 0.5) is 5.69 Å². The number of aromatic nitrogens is 3. The van der Waals surface area contributed by atoms with Crippen molar-refractivity contribution in [1.82, 2.24) is 19.4 Å². The highest BCUT2D eigenvalue weighted by molar-refractivity contribution is 5.95. The van der Waals surface area contributed by atoms with Gasteiger partial charge in [-0.3, -0.25) is 9.69 Å². The number of anilines is 1. The van der Waals surface area contributed by atoms with Crippen molar-refractivity contribution in [3.63, 3.8) is 0 Å². The SMILES string of the molecule is COCC(=O)N1CCCCCCCN(Cc2cc3ccccc3n2C)Cc2cc(-c3cncnc3)ccc21. The monoisotopic (exact) mass is 511 g/mol. The molecule has 0 aliphatic carbocycles. The minimum absolute atomic E-state index is 0.00170. The van der Waals surface area contributed by atoms with E-state index in [-0.39, 0.29) is 12.5 Å². The van der Waals surface area contributed by atoms with E-state index < -0.39 is 0 Å². The van der Waals surface area contributed by atoms with E-state index >= 15 is 0 Å². The largest absolute Gasteiger partial charge is 0.375 e. The molecule has 38 heavy (non-hydrogen) atoms. The normalized spacial score (nSPS) is 15.6. The molecule has 0 atom stereocenters. The summed E-state index contributed by atoms with van der Waals surface area (Å²) in [5.74, 6) is 0.00170. The number of rotatable bonds is 5. The Bertz CT molecular complexity index is 1370. The Balaban J connectivity index is 1.54. The zero-order chi connectivity index (χ0) is 26.3. The Labute approximate surface area is 225 Å². The summed E-state index contributed by atoms with van der Waals surface area (Å²) in [4.78, 5) is 26.1. The van der Waals surface area contributed by atoms with E-state index in [1.54, 1.807) is 13.4 Å². The van der Waals surface area contributed by atoms with Gasteiger partial charge in [0, 0.05) is 68.6 Å². The highest BCUT2D eigenvalue weighted by Gasteiger charge is 2.22. The summed E-state index contributed by atoms with van der Waals surface area (Å²) in [6.45, 7) is 3.37. The van der Waals surface area contributed by atoms with Crippen molar-refractivity contribution < 1.29 is 9.53 Å². The van der Waals surface area contributed by atoms with Crippen molar-refractivity contribution in [2.45, 2.75) is 45.2 Å². The molecule has 1 amide bonds.